The molecule has 2 aliphatic rings. The van der Waals surface area contributed by atoms with Gasteiger partial charge >= 0.3 is 0 Å². The van der Waals surface area contributed by atoms with Crippen LogP contribution in [-0.4, -0.2) is 30.6 Å². The van der Waals surface area contributed by atoms with Crippen LogP contribution in [0.3, 0.4) is 0 Å². The number of fused-ring (bicyclic) bond motifs is 2. The van der Waals surface area contributed by atoms with Crippen LogP contribution >= 0.6 is 0 Å². The van der Waals surface area contributed by atoms with Gasteiger partial charge in [-0.3, -0.25) is 4.79 Å². The second-order valence-corrected chi connectivity index (χ2v) is 6.63. The van der Waals surface area contributed by atoms with Crippen molar-refractivity contribution >= 4 is 11.6 Å². The molecular formula is C19H23N3O2. The Morgan fingerprint density at radius 2 is 2.04 bits per heavy atom. The molecule has 2 fully saturated rings. The summed E-state index contributed by atoms with van der Waals surface area (Å²) in [5.41, 5.74) is 2.05. The maximum absolute atomic E-state index is 12.4. The largest absolute Gasteiger partial charge is 0.451 e. The Morgan fingerprint density at radius 3 is 2.71 bits per heavy atom. The monoisotopic (exact) mass is 325 g/mol. The number of hydrogen-bond acceptors (Lipinski definition) is 4. The smallest absolute Gasteiger partial charge is 0.287 e. The predicted octanol–water partition coefficient (Wildman–Crippen LogP) is 3.00. The molecule has 2 saturated heterocycles. The van der Waals surface area contributed by atoms with Crippen molar-refractivity contribution in [3.63, 3.8) is 0 Å². The summed E-state index contributed by atoms with van der Waals surface area (Å²) in [6.07, 6.45) is 3.40. The summed E-state index contributed by atoms with van der Waals surface area (Å²) in [5, 5.41) is 9.90. The SMILES string of the molecule is CCNc1ccc(-c2ccc(C(=O)NC3CC4CCC3N4)o2)cc1. The molecule has 0 aliphatic carbocycles. The highest BCUT2D eigenvalue weighted by Gasteiger charge is 2.39. The molecule has 5 heteroatoms. The number of nitrogens with one attached hydrogen (secondary N) is 3. The van der Waals surface area contributed by atoms with Crippen molar-refractivity contribution in [3.8, 4) is 11.3 Å². The highest BCUT2D eigenvalue weighted by Crippen LogP contribution is 2.29. The molecular weight excluding hydrogens is 302 g/mol. The fraction of sp³-hybridized carbons (Fsp3) is 0.421. The summed E-state index contributed by atoms with van der Waals surface area (Å²) in [6.45, 7) is 2.96. The van der Waals surface area contributed by atoms with E-state index in [1.54, 1.807) is 6.07 Å². The number of rotatable bonds is 5. The lowest BCUT2D eigenvalue weighted by atomic mass is 9.95. The molecule has 0 radical (unpaired) electrons. The van der Waals surface area contributed by atoms with E-state index >= 15 is 0 Å². The van der Waals surface area contributed by atoms with Crippen LogP contribution in [0.5, 0.6) is 0 Å². The van der Waals surface area contributed by atoms with Crippen LogP contribution in [-0.2, 0) is 0 Å². The van der Waals surface area contributed by atoms with Crippen molar-refractivity contribution in [3.05, 3.63) is 42.2 Å². The highest BCUT2D eigenvalue weighted by atomic mass is 16.3. The van der Waals surface area contributed by atoms with E-state index in [0.29, 0.717) is 23.6 Å². The van der Waals surface area contributed by atoms with E-state index in [2.05, 4.69) is 22.9 Å². The van der Waals surface area contributed by atoms with Gasteiger partial charge in [0.1, 0.15) is 5.76 Å². The topological polar surface area (TPSA) is 66.3 Å². The minimum atomic E-state index is -0.120. The molecule has 1 aromatic heterocycles. The van der Waals surface area contributed by atoms with Crippen molar-refractivity contribution in [2.24, 2.45) is 0 Å². The molecule has 3 unspecified atom stereocenters. The van der Waals surface area contributed by atoms with Gasteiger partial charge in [0.2, 0.25) is 0 Å². The van der Waals surface area contributed by atoms with Gasteiger partial charge in [0, 0.05) is 35.9 Å². The quantitative estimate of drug-likeness (QED) is 0.790. The van der Waals surface area contributed by atoms with Crippen LogP contribution in [0, 0.1) is 0 Å². The van der Waals surface area contributed by atoms with Gasteiger partial charge in [-0.2, -0.15) is 0 Å². The summed E-state index contributed by atoms with van der Waals surface area (Å²) >= 11 is 0. The van der Waals surface area contributed by atoms with Crippen molar-refractivity contribution in [1.82, 2.24) is 10.6 Å². The average molecular weight is 325 g/mol. The van der Waals surface area contributed by atoms with Gasteiger partial charge in [-0.25, -0.2) is 0 Å². The molecule has 2 bridgehead atoms. The zero-order valence-corrected chi connectivity index (χ0v) is 13.8. The fourth-order valence-electron chi connectivity index (χ4n) is 3.79. The Hall–Kier alpha value is -2.27. The van der Waals surface area contributed by atoms with E-state index in [4.69, 9.17) is 4.42 Å². The number of furan rings is 1. The van der Waals surface area contributed by atoms with Crippen LogP contribution in [0.15, 0.2) is 40.8 Å². The first kappa shape index (κ1) is 15.3. The van der Waals surface area contributed by atoms with Crippen LogP contribution < -0.4 is 16.0 Å². The van der Waals surface area contributed by atoms with Gasteiger partial charge in [0.05, 0.1) is 0 Å². The lowest BCUT2D eigenvalue weighted by Gasteiger charge is -2.20. The number of carbonyl (C=O) groups is 1. The fourth-order valence-corrected chi connectivity index (χ4v) is 3.79. The number of hydrogen-bond donors (Lipinski definition) is 3. The zero-order chi connectivity index (χ0) is 16.5. The highest BCUT2D eigenvalue weighted by molar-refractivity contribution is 5.92. The Kier molecular flexibility index (Phi) is 4.02. The third kappa shape index (κ3) is 2.91. The Morgan fingerprint density at radius 1 is 1.21 bits per heavy atom. The molecule has 4 rings (SSSR count). The first-order chi connectivity index (χ1) is 11.7. The number of anilines is 1. The summed E-state index contributed by atoms with van der Waals surface area (Å²) in [7, 11) is 0. The van der Waals surface area contributed by atoms with Crippen molar-refractivity contribution in [2.75, 3.05) is 11.9 Å². The van der Waals surface area contributed by atoms with Gasteiger partial charge in [-0.1, -0.05) is 0 Å². The maximum atomic E-state index is 12.4. The van der Waals surface area contributed by atoms with Crippen molar-refractivity contribution in [1.29, 1.82) is 0 Å². The van der Waals surface area contributed by atoms with Crippen LogP contribution in [0.2, 0.25) is 0 Å². The summed E-state index contributed by atoms with van der Waals surface area (Å²) < 4.78 is 5.77. The van der Waals surface area contributed by atoms with Crippen molar-refractivity contribution < 1.29 is 9.21 Å². The van der Waals surface area contributed by atoms with Gasteiger partial charge < -0.3 is 20.4 Å². The van der Waals surface area contributed by atoms with Gasteiger partial charge in [0.15, 0.2) is 5.76 Å². The Labute approximate surface area is 141 Å². The molecule has 3 atom stereocenters. The Bertz CT molecular complexity index is 722. The number of carbonyl (C=O) groups excluding carboxylic acids is 1. The number of amides is 1. The maximum Gasteiger partial charge on any atom is 0.287 e. The van der Waals surface area contributed by atoms with Gasteiger partial charge in [0.25, 0.3) is 5.91 Å². The molecule has 3 N–H and O–H groups in total. The van der Waals surface area contributed by atoms with Gasteiger partial charge in [-0.05, 0) is 62.6 Å². The van der Waals surface area contributed by atoms with Crippen molar-refractivity contribution in [2.45, 2.75) is 44.3 Å². The molecule has 2 aromatic rings. The predicted molar refractivity (Wildman–Crippen MR) is 94.1 cm³/mol. The molecule has 0 saturated carbocycles. The van der Waals surface area contributed by atoms with E-state index in [0.717, 1.165) is 30.6 Å². The second-order valence-electron chi connectivity index (χ2n) is 6.63. The third-order valence-corrected chi connectivity index (χ3v) is 5.00. The molecule has 3 heterocycles. The molecule has 1 amide bonds. The normalized spacial score (nSPS) is 25.0. The Balaban J connectivity index is 1.43. The van der Waals surface area contributed by atoms with Crippen LogP contribution in [0.4, 0.5) is 5.69 Å². The first-order valence-electron chi connectivity index (χ1n) is 8.74. The average Bonchev–Trinajstić information content (AvgIpc) is 3.32. The van der Waals surface area contributed by atoms with E-state index in [1.165, 1.54) is 6.42 Å². The number of benzene rings is 1. The minimum Gasteiger partial charge on any atom is -0.451 e. The molecule has 2 aliphatic heterocycles. The molecule has 24 heavy (non-hydrogen) atoms. The molecule has 1 aromatic carbocycles. The first-order valence-corrected chi connectivity index (χ1v) is 8.74. The molecule has 0 spiro atoms. The summed E-state index contributed by atoms with van der Waals surface area (Å²) in [4.78, 5) is 12.4. The van der Waals surface area contributed by atoms with E-state index in [1.807, 2.05) is 30.3 Å². The second kappa shape index (κ2) is 6.32. The minimum absolute atomic E-state index is 0.120. The van der Waals surface area contributed by atoms with E-state index in [-0.39, 0.29) is 11.9 Å². The van der Waals surface area contributed by atoms with Gasteiger partial charge in [-0.15, -0.1) is 0 Å². The third-order valence-electron chi connectivity index (χ3n) is 5.00. The lowest BCUT2D eigenvalue weighted by molar-refractivity contribution is 0.0903. The van der Waals surface area contributed by atoms with Crippen LogP contribution in [0.1, 0.15) is 36.7 Å². The van der Waals surface area contributed by atoms with E-state index in [9.17, 15) is 4.79 Å². The van der Waals surface area contributed by atoms with Crippen LogP contribution in [0.25, 0.3) is 11.3 Å². The zero-order valence-electron chi connectivity index (χ0n) is 13.8. The molecule has 5 nitrogen and oxygen atoms in total. The standard InChI is InChI=1S/C19H23N3O2/c1-2-20-13-5-3-12(4-6-13)17-9-10-18(24-17)19(23)22-16-11-14-7-8-15(16)21-14/h3-6,9-10,14-16,20-21H,2,7-8,11H2,1H3,(H,22,23). The molecule has 126 valence electrons. The van der Waals surface area contributed by atoms with E-state index < -0.39 is 0 Å². The summed E-state index contributed by atoms with van der Waals surface area (Å²) in [5.74, 6) is 0.975. The lowest BCUT2D eigenvalue weighted by Crippen LogP contribution is -2.42. The summed E-state index contributed by atoms with van der Waals surface area (Å²) in [6, 6.07) is 12.9.